The molecule has 12 heteroatoms. The zero-order valence-corrected chi connectivity index (χ0v) is 25.9. The monoisotopic (exact) mass is 601 g/mol. The van der Waals surface area contributed by atoms with E-state index in [0.29, 0.717) is 35.4 Å². The van der Waals surface area contributed by atoms with Gasteiger partial charge in [-0.2, -0.15) is 13.2 Å². The number of pyridine rings is 1. The van der Waals surface area contributed by atoms with Crippen LogP contribution in [0.3, 0.4) is 0 Å². The van der Waals surface area contributed by atoms with Crippen molar-refractivity contribution in [2.75, 3.05) is 11.9 Å². The standard InChI is InChI=1S/C30H38F3N5O3Si/c1-29(2,3)41-28(39)37-27-35-23-13-14-34-26(25(23)36-27)24-17-20(18-38(24)19-40-15-16-42(4,5)6)11-12-21-9-7-8-10-22(21)30(31,32)33/h7-10,13-14,17-18H,11-12,15-16,19H2,1-6H3,(H2,35,36,37,39). The highest BCUT2D eigenvalue weighted by molar-refractivity contribution is 6.76. The zero-order valence-electron chi connectivity index (χ0n) is 24.9. The van der Waals surface area contributed by atoms with Crippen LogP contribution < -0.4 is 5.32 Å². The number of ether oxygens (including phenoxy) is 2. The maximum atomic E-state index is 13.6. The second kappa shape index (κ2) is 12.3. The van der Waals surface area contributed by atoms with Gasteiger partial charge in [-0.15, -0.1) is 0 Å². The van der Waals surface area contributed by atoms with E-state index in [0.717, 1.165) is 17.7 Å². The maximum absolute atomic E-state index is 13.6. The summed E-state index contributed by atoms with van der Waals surface area (Å²) in [5.74, 6) is 0.210. The van der Waals surface area contributed by atoms with Gasteiger partial charge in [0.2, 0.25) is 5.95 Å². The number of benzene rings is 1. The largest absolute Gasteiger partial charge is 0.444 e. The fourth-order valence-corrected chi connectivity index (χ4v) is 5.19. The smallest absolute Gasteiger partial charge is 0.416 e. The average Bonchev–Trinajstić information content (AvgIpc) is 3.46. The number of nitrogens with one attached hydrogen (secondary N) is 2. The lowest BCUT2D eigenvalue weighted by Gasteiger charge is -2.18. The SMILES string of the molecule is CC(C)(C)OC(=O)Nc1nc2c(-c3cc(CCc4ccccc4C(F)(F)F)cn3COCC[Si](C)(C)C)nccc2[nH]1. The number of halogens is 3. The van der Waals surface area contributed by atoms with Crippen molar-refractivity contribution in [3.8, 4) is 11.4 Å². The van der Waals surface area contributed by atoms with Gasteiger partial charge < -0.3 is 19.0 Å². The molecule has 3 heterocycles. The average molecular weight is 602 g/mol. The Labute approximate surface area is 244 Å². The summed E-state index contributed by atoms with van der Waals surface area (Å²) in [7, 11) is -1.30. The predicted octanol–water partition coefficient (Wildman–Crippen LogP) is 7.89. The molecule has 1 amide bonds. The first-order valence-electron chi connectivity index (χ1n) is 13.9. The molecular weight excluding hydrogens is 563 g/mol. The summed E-state index contributed by atoms with van der Waals surface area (Å²) in [4.78, 5) is 24.5. The Kier molecular flexibility index (Phi) is 9.17. The van der Waals surface area contributed by atoms with Crippen LogP contribution in [0.25, 0.3) is 22.4 Å². The molecule has 0 aliphatic rings. The number of aryl methyl sites for hydroxylation is 2. The van der Waals surface area contributed by atoms with E-state index < -0.39 is 31.5 Å². The molecule has 0 atom stereocenters. The molecule has 0 saturated heterocycles. The van der Waals surface area contributed by atoms with Crippen LogP contribution >= 0.6 is 0 Å². The van der Waals surface area contributed by atoms with Crippen molar-refractivity contribution in [3.05, 3.63) is 65.5 Å². The predicted molar refractivity (Wildman–Crippen MR) is 160 cm³/mol. The number of amides is 1. The van der Waals surface area contributed by atoms with Gasteiger partial charge in [-0.05, 0) is 69.0 Å². The summed E-state index contributed by atoms with van der Waals surface area (Å²) in [6.07, 6.45) is -0.911. The normalized spacial score (nSPS) is 12.6. The van der Waals surface area contributed by atoms with E-state index in [4.69, 9.17) is 9.47 Å². The third kappa shape index (κ3) is 8.45. The Hall–Kier alpha value is -3.64. The van der Waals surface area contributed by atoms with E-state index in [-0.39, 0.29) is 24.7 Å². The lowest BCUT2D eigenvalue weighted by atomic mass is 10.0. The van der Waals surface area contributed by atoms with Crippen molar-refractivity contribution in [2.45, 2.75) is 77.8 Å². The van der Waals surface area contributed by atoms with Crippen LogP contribution in [0.5, 0.6) is 0 Å². The highest BCUT2D eigenvalue weighted by Crippen LogP contribution is 2.33. The fraction of sp³-hybridized carbons (Fsp3) is 0.433. The quantitative estimate of drug-likeness (QED) is 0.142. The van der Waals surface area contributed by atoms with E-state index in [2.05, 4.69) is 39.9 Å². The van der Waals surface area contributed by atoms with E-state index in [1.807, 2.05) is 16.8 Å². The lowest BCUT2D eigenvalue weighted by Crippen LogP contribution is -2.27. The van der Waals surface area contributed by atoms with Gasteiger partial charge in [-0.1, -0.05) is 37.8 Å². The second-order valence-corrected chi connectivity index (χ2v) is 18.1. The van der Waals surface area contributed by atoms with E-state index in [9.17, 15) is 18.0 Å². The molecule has 0 fully saturated rings. The van der Waals surface area contributed by atoms with Crippen LogP contribution in [0.2, 0.25) is 25.7 Å². The van der Waals surface area contributed by atoms with Crippen molar-refractivity contribution in [2.24, 2.45) is 0 Å². The van der Waals surface area contributed by atoms with Gasteiger partial charge in [0.05, 0.1) is 16.8 Å². The minimum absolute atomic E-state index is 0.210. The molecular formula is C30H38F3N5O3Si. The van der Waals surface area contributed by atoms with Crippen LogP contribution in [-0.2, 0) is 35.2 Å². The topological polar surface area (TPSA) is 94.1 Å². The molecule has 0 aliphatic heterocycles. The summed E-state index contributed by atoms with van der Waals surface area (Å²) in [5.41, 5.74) is 2.24. The molecule has 8 nitrogen and oxygen atoms in total. The van der Waals surface area contributed by atoms with Crippen molar-refractivity contribution >= 4 is 31.1 Å². The van der Waals surface area contributed by atoms with Crippen LogP contribution in [0, 0.1) is 0 Å². The molecule has 0 spiro atoms. The van der Waals surface area contributed by atoms with Gasteiger partial charge >= 0.3 is 12.3 Å². The van der Waals surface area contributed by atoms with Crippen LogP contribution in [0.4, 0.5) is 23.9 Å². The zero-order chi connectivity index (χ0) is 30.7. The number of anilines is 1. The fourth-order valence-electron chi connectivity index (χ4n) is 4.43. The van der Waals surface area contributed by atoms with Gasteiger partial charge in [0, 0.05) is 27.1 Å². The number of hydrogen-bond acceptors (Lipinski definition) is 5. The molecule has 4 aromatic rings. The molecule has 226 valence electrons. The Bertz CT molecular complexity index is 1530. The number of aromatic amines is 1. The molecule has 2 N–H and O–H groups in total. The van der Waals surface area contributed by atoms with Gasteiger partial charge in [0.15, 0.2) is 0 Å². The van der Waals surface area contributed by atoms with Crippen molar-refractivity contribution in [1.29, 1.82) is 0 Å². The van der Waals surface area contributed by atoms with E-state index >= 15 is 0 Å². The molecule has 1 aromatic carbocycles. The number of carbonyl (C=O) groups excluding carboxylic acids is 1. The summed E-state index contributed by atoms with van der Waals surface area (Å²) >= 11 is 0. The minimum Gasteiger partial charge on any atom is -0.444 e. The number of hydrogen-bond donors (Lipinski definition) is 2. The molecule has 4 rings (SSSR count). The van der Waals surface area contributed by atoms with Crippen LogP contribution in [0.1, 0.15) is 37.5 Å². The minimum atomic E-state index is -4.41. The highest BCUT2D eigenvalue weighted by Gasteiger charge is 2.32. The first kappa shape index (κ1) is 31.3. The van der Waals surface area contributed by atoms with Crippen molar-refractivity contribution < 1.29 is 27.4 Å². The molecule has 0 aliphatic carbocycles. The number of aromatic nitrogens is 4. The molecule has 0 radical (unpaired) electrons. The first-order chi connectivity index (χ1) is 19.6. The summed E-state index contributed by atoms with van der Waals surface area (Å²) in [6, 6.07) is 10.3. The number of rotatable bonds is 10. The molecule has 42 heavy (non-hydrogen) atoms. The van der Waals surface area contributed by atoms with Gasteiger partial charge in [-0.3, -0.25) is 10.3 Å². The Balaban J connectivity index is 1.64. The van der Waals surface area contributed by atoms with Crippen LogP contribution in [-0.4, -0.2) is 45.9 Å². The second-order valence-electron chi connectivity index (χ2n) is 12.5. The summed E-state index contributed by atoms with van der Waals surface area (Å²) < 4.78 is 54.0. The van der Waals surface area contributed by atoms with Gasteiger partial charge in [0.25, 0.3) is 0 Å². The first-order valence-corrected chi connectivity index (χ1v) is 17.6. The third-order valence-electron chi connectivity index (χ3n) is 6.45. The van der Waals surface area contributed by atoms with Gasteiger partial charge in [-0.25, -0.2) is 9.78 Å². The molecule has 0 unspecified atom stereocenters. The summed E-state index contributed by atoms with van der Waals surface area (Å²) in [6.45, 7) is 13.0. The molecule has 3 aromatic heterocycles. The number of alkyl halides is 3. The Morgan fingerprint density at radius 2 is 1.83 bits per heavy atom. The Morgan fingerprint density at radius 1 is 1.10 bits per heavy atom. The molecule has 0 saturated carbocycles. The number of nitrogens with zero attached hydrogens (tertiary/aromatic N) is 3. The summed E-state index contributed by atoms with van der Waals surface area (Å²) in [5, 5.41) is 2.62. The van der Waals surface area contributed by atoms with E-state index in [1.54, 1.807) is 39.1 Å². The lowest BCUT2D eigenvalue weighted by molar-refractivity contribution is -0.138. The Morgan fingerprint density at radius 3 is 2.52 bits per heavy atom. The third-order valence-corrected chi connectivity index (χ3v) is 8.15. The number of fused-ring (bicyclic) bond motifs is 1. The number of carbonyl (C=O) groups is 1. The van der Waals surface area contributed by atoms with Crippen molar-refractivity contribution in [3.63, 3.8) is 0 Å². The van der Waals surface area contributed by atoms with Gasteiger partial charge in [0.1, 0.15) is 23.5 Å². The van der Waals surface area contributed by atoms with Crippen LogP contribution in [0.15, 0.2) is 48.8 Å². The number of H-pyrrole nitrogens is 1. The highest BCUT2D eigenvalue weighted by atomic mass is 28.3. The number of imidazole rings is 1. The maximum Gasteiger partial charge on any atom is 0.416 e. The van der Waals surface area contributed by atoms with E-state index in [1.165, 1.54) is 12.1 Å². The van der Waals surface area contributed by atoms with Crippen molar-refractivity contribution in [1.82, 2.24) is 19.5 Å². The molecule has 0 bridgehead atoms.